The Balaban J connectivity index is 0.00000272. The van der Waals surface area contributed by atoms with Gasteiger partial charge < -0.3 is 14.2 Å². The highest BCUT2D eigenvalue weighted by Gasteiger charge is 2.29. The molecule has 3 heterocycles. The van der Waals surface area contributed by atoms with Crippen molar-refractivity contribution in [1.82, 2.24) is 19.7 Å². The normalized spacial score (nSPS) is 17.0. The summed E-state index contributed by atoms with van der Waals surface area (Å²) in [4.78, 5) is 2.13. The first-order valence-electron chi connectivity index (χ1n) is 10.3. The number of benzene rings is 1. The quantitative estimate of drug-likeness (QED) is 0.391. The highest BCUT2D eigenvalue weighted by Crippen LogP contribution is 2.43. The molecule has 0 bridgehead atoms. The number of aryl methyl sites for hydroxylation is 1. The van der Waals surface area contributed by atoms with E-state index in [1.165, 1.54) is 6.42 Å². The van der Waals surface area contributed by atoms with Gasteiger partial charge in [-0.3, -0.25) is 0 Å². The molecule has 0 N–H and O–H groups in total. The number of halogens is 1. The Morgan fingerprint density at radius 1 is 1.26 bits per heavy atom. The van der Waals surface area contributed by atoms with Crippen LogP contribution in [0.1, 0.15) is 43.4 Å². The summed E-state index contributed by atoms with van der Waals surface area (Å²) in [5.74, 6) is 2.50. The first-order valence-corrected chi connectivity index (χ1v) is 11.2. The van der Waals surface area contributed by atoms with Crippen LogP contribution in [0.3, 0.4) is 0 Å². The molecule has 1 aromatic heterocycles. The molecule has 0 unspecified atom stereocenters. The summed E-state index contributed by atoms with van der Waals surface area (Å²) in [5, 5.41) is 21.8. The lowest BCUT2D eigenvalue weighted by Gasteiger charge is -2.23. The third-order valence-corrected chi connectivity index (χ3v) is 6.24. The second kappa shape index (κ2) is 10.7. The molecule has 0 saturated heterocycles. The minimum Gasteiger partial charge on any atom is -0.494 e. The number of nitrogens with zero attached hydrogens (tertiary/aromatic N) is 5. The number of aromatic nitrogens is 3. The summed E-state index contributed by atoms with van der Waals surface area (Å²) < 4.78 is 7.69. The first-order chi connectivity index (χ1) is 14.8. The molecule has 4 rings (SSSR count). The fourth-order valence-electron chi connectivity index (χ4n) is 3.83. The molecular weight excluding hydrogens is 474 g/mol. The Morgan fingerprint density at radius 2 is 2.06 bits per heavy atom. The van der Waals surface area contributed by atoms with Gasteiger partial charge >= 0.3 is 0 Å². The lowest BCUT2D eigenvalue weighted by molar-refractivity contribution is 0.340. The Hall–Kier alpha value is -2.50. The van der Waals surface area contributed by atoms with Crippen molar-refractivity contribution in [2.75, 3.05) is 13.2 Å². The fraction of sp³-hybridized carbons (Fsp3) is 0.348. The van der Waals surface area contributed by atoms with Crippen LogP contribution >= 0.6 is 28.7 Å². The lowest BCUT2D eigenvalue weighted by atomic mass is 10.1. The third-order valence-electron chi connectivity index (χ3n) is 5.25. The summed E-state index contributed by atoms with van der Waals surface area (Å²) in [7, 11) is 0. The molecular formula is C23H26BrN5OS. The van der Waals surface area contributed by atoms with Crippen LogP contribution in [0.5, 0.6) is 5.75 Å². The lowest BCUT2D eigenvalue weighted by Crippen LogP contribution is -2.18. The fourth-order valence-corrected chi connectivity index (χ4v) is 4.87. The number of thioether (sulfide) groups is 1. The van der Waals surface area contributed by atoms with Crippen molar-refractivity contribution in [2.24, 2.45) is 0 Å². The average Bonchev–Trinajstić information content (AvgIpc) is 3.27. The van der Waals surface area contributed by atoms with E-state index in [0.717, 1.165) is 53.7 Å². The van der Waals surface area contributed by atoms with Crippen molar-refractivity contribution in [1.29, 1.82) is 5.26 Å². The molecule has 162 valence electrons. The highest BCUT2D eigenvalue weighted by atomic mass is 79.9. The van der Waals surface area contributed by atoms with Crippen LogP contribution in [0.25, 0.3) is 11.3 Å². The molecule has 0 spiro atoms. The zero-order valence-electron chi connectivity index (χ0n) is 17.6. The van der Waals surface area contributed by atoms with Gasteiger partial charge in [-0.05, 0) is 49.6 Å². The van der Waals surface area contributed by atoms with Gasteiger partial charge in [-0.1, -0.05) is 24.3 Å². The number of hydrogen-bond acceptors (Lipinski definition) is 6. The number of fused-ring (bicyclic) bond motifs is 1. The topological polar surface area (TPSA) is 67.0 Å². The molecule has 6 nitrogen and oxygen atoms in total. The van der Waals surface area contributed by atoms with Crippen molar-refractivity contribution in [3.63, 3.8) is 0 Å². The van der Waals surface area contributed by atoms with Gasteiger partial charge in [-0.15, -0.1) is 33.8 Å². The van der Waals surface area contributed by atoms with Gasteiger partial charge in [0.1, 0.15) is 28.2 Å². The van der Waals surface area contributed by atoms with Gasteiger partial charge in [0.25, 0.3) is 0 Å². The smallest absolute Gasteiger partial charge is 0.177 e. The van der Waals surface area contributed by atoms with E-state index in [2.05, 4.69) is 37.7 Å². The van der Waals surface area contributed by atoms with E-state index < -0.39 is 0 Å². The van der Waals surface area contributed by atoms with Crippen LogP contribution in [0.2, 0.25) is 0 Å². The van der Waals surface area contributed by atoms with Crippen LogP contribution in [-0.2, 0) is 13.0 Å². The molecule has 0 fully saturated rings. The van der Waals surface area contributed by atoms with Gasteiger partial charge in [0.05, 0.1) is 12.3 Å². The summed E-state index contributed by atoms with van der Waals surface area (Å²) in [6.07, 6.45) is 6.17. The van der Waals surface area contributed by atoms with E-state index in [1.807, 2.05) is 37.3 Å². The van der Waals surface area contributed by atoms with E-state index in [-0.39, 0.29) is 17.0 Å². The molecule has 0 atom stereocenters. The Kier molecular flexibility index (Phi) is 7.99. The second-order valence-corrected chi connectivity index (χ2v) is 8.03. The zero-order chi connectivity index (χ0) is 20.9. The minimum absolute atomic E-state index is 0. The maximum atomic E-state index is 10.1. The molecule has 0 saturated carbocycles. The molecule has 2 aliphatic rings. The second-order valence-electron chi connectivity index (χ2n) is 7.17. The molecule has 0 amide bonds. The zero-order valence-corrected chi connectivity index (χ0v) is 20.1. The van der Waals surface area contributed by atoms with Crippen molar-refractivity contribution in [3.05, 3.63) is 64.6 Å². The summed E-state index contributed by atoms with van der Waals surface area (Å²) in [6, 6.07) is 10.5. The maximum Gasteiger partial charge on any atom is 0.177 e. The molecule has 0 aliphatic carbocycles. The Labute approximate surface area is 198 Å². The molecule has 1 aromatic carbocycles. The first kappa shape index (κ1) is 23.2. The summed E-state index contributed by atoms with van der Waals surface area (Å²) >= 11 is 1.56. The van der Waals surface area contributed by atoms with E-state index in [1.54, 1.807) is 11.8 Å². The minimum atomic E-state index is 0. The maximum absolute atomic E-state index is 10.1. The number of rotatable bonds is 6. The van der Waals surface area contributed by atoms with Gasteiger partial charge in [-0.2, -0.15) is 5.26 Å². The van der Waals surface area contributed by atoms with Crippen LogP contribution in [-0.4, -0.2) is 32.8 Å². The van der Waals surface area contributed by atoms with Crippen molar-refractivity contribution >= 4 is 40.0 Å². The van der Waals surface area contributed by atoms with E-state index in [4.69, 9.17) is 4.74 Å². The van der Waals surface area contributed by atoms with Crippen molar-refractivity contribution in [3.8, 4) is 11.8 Å². The number of hydrogen-bond donors (Lipinski definition) is 0. The van der Waals surface area contributed by atoms with Gasteiger partial charge in [0.2, 0.25) is 0 Å². The van der Waals surface area contributed by atoms with E-state index in [0.29, 0.717) is 24.5 Å². The molecule has 8 heteroatoms. The summed E-state index contributed by atoms with van der Waals surface area (Å²) in [5.41, 5.74) is 2.68. The highest BCUT2D eigenvalue weighted by molar-refractivity contribution is 8.93. The van der Waals surface area contributed by atoms with Crippen LogP contribution in [0, 0.1) is 11.3 Å². The largest absolute Gasteiger partial charge is 0.494 e. The number of allylic oxidation sites excluding steroid dienone is 1. The predicted molar refractivity (Wildman–Crippen MR) is 131 cm³/mol. The molecule has 2 aliphatic heterocycles. The monoisotopic (exact) mass is 499 g/mol. The number of nitriles is 1. The predicted octanol–water partition coefficient (Wildman–Crippen LogP) is 5.41. The Morgan fingerprint density at radius 3 is 2.77 bits per heavy atom. The van der Waals surface area contributed by atoms with Gasteiger partial charge in [-0.25, -0.2) is 0 Å². The van der Waals surface area contributed by atoms with E-state index >= 15 is 0 Å². The molecule has 31 heavy (non-hydrogen) atoms. The van der Waals surface area contributed by atoms with Gasteiger partial charge in [0.15, 0.2) is 5.82 Å². The van der Waals surface area contributed by atoms with Crippen LogP contribution in [0.4, 0.5) is 0 Å². The summed E-state index contributed by atoms with van der Waals surface area (Å²) in [6.45, 7) is 8.00. The SMILES string of the molecule is Br.C=CCN1C(c2ccc(OCC)cc2)=CS/C1=C(/C#N)c1nnc2n1CCCCC2. The van der Waals surface area contributed by atoms with Crippen LogP contribution < -0.4 is 4.74 Å². The Bertz CT molecular complexity index is 1040. The van der Waals surface area contributed by atoms with Crippen molar-refractivity contribution in [2.45, 2.75) is 39.2 Å². The van der Waals surface area contributed by atoms with Crippen LogP contribution in [0.15, 0.2) is 47.4 Å². The standard InChI is InChI=1S/C23H25N5OS.BrH/c1-3-13-27-20(17-9-11-18(12-10-17)29-4-2)16-30-23(27)19(15-24)22-26-25-21-8-6-5-7-14-28(21)22;/h3,9-12,16H,1,4-8,13-14H2,2H3;1H/b23-19-;. The number of ether oxygens (including phenoxy) is 1. The third kappa shape index (κ3) is 4.73. The van der Waals surface area contributed by atoms with Crippen molar-refractivity contribution < 1.29 is 4.74 Å². The van der Waals surface area contributed by atoms with E-state index in [9.17, 15) is 5.26 Å². The molecule has 2 aromatic rings. The average molecular weight is 500 g/mol. The van der Waals surface area contributed by atoms with Gasteiger partial charge in [0, 0.05) is 24.9 Å². The molecule has 0 radical (unpaired) electrons.